The van der Waals surface area contributed by atoms with Gasteiger partial charge in [0, 0.05) is 17.9 Å². The minimum atomic E-state index is -0.131. The van der Waals surface area contributed by atoms with E-state index >= 15 is 0 Å². The van der Waals surface area contributed by atoms with E-state index in [9.17, 15) is 4.79 Å². The third-order valence-corrected chi connectivity index (χ3v) is 2.70. The molecule has 1 heterocycles. The molecule has 1 aromatic rings. The van der Waals surface area contributed by atoms with E-state index in [2.05, 4.69) is 11.8 Å². The molecule has 1 aliphatic rings. The Hall–Kier alpha value is -1.95. The van der Waals surface area contributed by atoms with Crippen molar-refractivity contribution in [3.8, 4) is 11.8 Å². The molecule has 82 valence electrons. The van der Waals surface area contributed by atoms with Gasteiger partial charge in [-0.2, -0.15) is 0 Å². The van der Waals surface area contributed by atoms with Crippen molar-refractivity contribution < 1.29 is 4.79 Å². The second-order valence-electron chi connectivity index (χ2n) is 3.82. The van der Waals surface area contributed by atoms with E-state index in [1.165, 1.54) is 0 Å². The molecular weight excluding hydrogens is 200 g/mol. The van der Waals surface area contributed by atoms with Crippen LogP contribution >= 0.6 is 0 Å². The molecule has 0 saturated carbocycles. The highest BCUT2D eigenvalue weighted by molar-refractivity contribution is 6.06. The summed E-state index contributed by atoms with van der Waals surface area (Å²) in [5.41, 5.74) is 8.56. The lowest BCUT2D eigenvalue weighted by Gasteiger charge is -2.28. The number of aryl methyl sites for hydroxylation is 1. The van der Waals surface area contributed by atoms with Crippen LogP contribution < -0.4 is 10.6 Å². The van der Waals surface area contributed by atoms with Crippen LogP contribution in [0.2, 0.25) is 0 Å². The van der Waals surface area contributed by atoms with Crippen LogP contribution in [0.25, 0.3) is 0 Å². The van der Waals surface area contributed by atoms with E-state index in [0.717, 1.165) is 36.3 Å². The van der Waals surface area contributed by atoms with Crippen LogP contribution in [-0.4, -0.2) is 12.5 Å². The molecule has 1 aliphatic heterocycles. The van der Waals surface area contributed by atoms with Crippen LogP contribution in [-0.2, 0) is 11.2 Å². The summed E-state index contributed by atoms with van der Waals surface area (Å²) in [6, 6.07) is 5.66. The molecule has 3 nitrogen and oxygen atoms in total. The zero-order chi connectivity index (χ0) is 11.5. The molecule has 0 bridgehead atoms. The normalized spacial score (nSPS) is 13.7. The van der Waals surface area contributed by atoms with Crippen LogP contribution in [0.4, 0.5) is 11.4 Å². The Bertz CT molecular complexity index is 482. The standard InChI is InChI=1S/C13H14N2O/c1-2-4-13(16)15-8-3-5-10-9-11(14)6-7-12(10)15/h6-7,9H,3,5,8,14H2,1H3. The molecule has 0 spiro atoms. The average Bonchev–Trinajstić information content (AvgIpc) is 2.28. The zero-order valence-corrected chi connectivity index (χ0v) is 9.29. The number of amides is 1. The molecule has 0 aromatic heterocycles. The summed E-state index contributed by atoms with van der Waals surface area (Å²) in [6.45, 7) is 2.41. The highest BCUT2D eigenvalue weighted by Crippen LogP contribution is 2.28. The van der Waals surface area contributed by atoms with Gasteiger partial charge in [-0.25, -0.2) is 0 Å². The van der Waals surface area contributed by atoms with E-state index in [4.69, 9.17) is 5.73 Å². The van der Waals surface area contributed by atoms with Gasteiger partial charge in [-0.3, -0.25) is 4.79 Å². The van der Waals surface area contributed by atoms with E-state index < -0.39 is 0 Å². The molecule has 0 fully saturated rings. The van der Waals surface area contributed by atoms with Gasteiger partial charge in [0.05, 0.1) is 0 Å². The second kappa shape index (κ2) is 4.28. The highest BCUT2D eigenvalue weighted by Gasteiger charge is 2.20. The average molecular weight is 214 g/mol. The lowest BCUT2D eigenvalue weighted by molar-refractivity contribution is -0.113. The molecule has 0 unspecified atom stereocenters. The Morgan fingerprint density at radius 1 is 1.50 bits per heavy atom. The zero-order valence-electron chi connectivity index (χ0n) is 9.29. The molecule has 1 amide bonds. The van der Waals surface area contributed by atoms with Crippen molar-refractivity contribution in [2.45, 2.75) is 19.8 Å². The van der Waals surface area contributed by atoms with Gasteiger partial charge in [0.2, 0.25) is 0 Å². The smallest absolute Gasteiger partial charge is 0.302 e. The fraction of sp³-hybridized carbons (Fsp3) is 0.308. The van der Waals surface area contributed by atoms with Crippen molar-refractivity contribution in [1.82, 2.24) is 0 Å². The van der Waals surface area contributed by atoms with Gasteiger partial charge in [0.25, 0.3) is 0 Å². The van der Waals surface area contributed by atoms with Gasteiger partial charge < -0.3 is 10.6 Å². The minimum absolute atomic E-state index is 0.131. The fourth-order valence-corrected chi connectivity index (χ4v) is 2.00. The van der Waals surface area contributed by atoms with Gasteiger partial charge in [0.1, 0.15) is 0 Å². The number of rotatable bonds is 0. The first kappa shape index (κ1) is 10.6. The molecule has 0 radical (unpaired) electrons. The SMILES string of the molecule is CC#CC(=O)N1CCCc2cc(N)ccc21. The summed E-state index contributed by atoms with van der Waals surface area (Å²) >= 11 is 0. The van der Waals surface area contributed by atoms with E-state index in [1.54, 1.807) is 11.8 Å². The number of hydrogen-bond acceptors (Lipinski definition) is 2. The van der Waals surface area contributed by atoms with Crippen molar-refractivity contribution in [2.24, 2.45) is 0 Å². The number of benzene rings is 1. The third kappa shape index (κ3) is 1.87. The number of carbonyl (C=O) groups excluding carboxylic acids is 1. The maximum absolute atomic E-state index is 11.8. The first-order valence-electron chi connectivity index (χ1n) is 5.35. The second-order valence-corrected chi connectivity index (χ2v) is 3.82. The van der Waals surface area contributed by atoms with E-state index in [-0.39, 0.29) is 5.91 Å². The van der Waals surface area contributed by atoms with Crippen molar-refractivity contribution in [3.05, 3.63) is 23.8 Å². The number of anilines is 2. The molecule has 3 heteroatoms. The van der Waals surface area contributed by atoms with E-state index in [0.29, 0.717) is 0 Å². The largest absolute Gasteiger partial charge is 0.399 e. The maximum Gasteiger partial charge on any atom is 0.302 e. The van der Waals surface area contributed by atoms with Crippen LogP contribution in [0, 0.1) is 11.8 Å². The van der Waals surface area contributed by atoms with Gasteiger partial charge in [-0.05, 0) is 49.4 Å². The number of carbonyl (C=O) groups is 1. The first-order chi connectivity index (χ1) is 7.72. The predicted octanol–water partition coefficient (Wildman–Crippen LogP) is 1.57. The Morgan fingerprint density at radius 3 is 3.06 bits per heavy atom. The lowest BCUT2D eigenvalue weighted by Crippen LogP contribution is -2.34. The monoisotopic (exact) mass is 214 g/mol. The van der Waals surface area contributed by atoms with Crippen LogP contribution in [0.1, 0.15) is 18.9 Å². The number of fused-ring (bicyclic) bond motifs is 1. The molecule has 0 atom stereocenters. The predicted molar refractivity (Wildman–Crippen MR) is 65.0 cm³/mol. The lowest BCUT2D eigenvalue weighted by atomic mass is 10.0. The summed E-state index contributed by atoms with van der Waals surface area (Å²) in [5.74, 6) is 5.09. The fourth-order valence-electron chi connectivity index (χ4n) is 2.00. The third-order valence-electron chi connectivity index (χ3n) is 2.70. The topological polar surface area (TPSA) is 46.3 Å². The summed E-state index contributed by atoms with van der Waals surface area (Å²) in [7, 11) is 0. The molecule has 0 aliphatic carbocycles. The number of hydrogen-bond donors (Lipinski definition) is 1. The number of nitrogens with zero attached hydrogens (tertiary/aromatic N) is 1. The summed E-state index contributed by atoms with van der Waals surface area (Å²) in [5, 5.41) is 0. The van der Waals surface area contributed by atoms with Crippen LogP contribution in [0.5, 0.6) is 0 Å². The van der Waals surface area contributed by atoms with Crippen LogP contribution in [0.15, 0.2) is 18.2 Å². The van der Waals surface area contributed by atoms with Crippen molar-refractivity contribution in [2.75, 3.05) is 17.2 Å². The summed E-state index contributed by atoms with van der Waals surface area (Å²) in [6.07, 6.45) is 1.94. The quantitative estimate of drug-likeness (QED) is 0.526. The summed E-state index contributed by atoms with van der Waals surface area (Å²) < 4.78 is 0. The van der Waals surface area contributed by atoms with Crippen LogP contribution in [0.3, 0.4) is 0 Å². The van der Waals surface area contributed by atoms with Crippen molar-refractivity contribution in [1.29, 1.82) is 0 Å². The molecule has 0 saturated heterocycles. The van der Waals surface area contributed by atoms with Gasteiger partial charge >= 0.3 is 5.91 Å². The molecule has 16 heavy (non-hydrogen) atoms. The maximum atomic E-state index is 11.8. The molecule has 2 rings (SSSR count). The minimum Gasteiger partial charge on any atom is -0.399 e. The number of nitrogen functional groups attached to an aromatic ring is 1. The van der Waals surface area contributed by atoms with Crippen molar-refractivity contribution >= 4 is 17.3 Å². The Labute approximate surface area is 95.2 Å². The van der Waals surface area contributed by atoms with Gasteiger partial charge in [0.15, 0.2) is 0 Å². The Morgan fingerprint density at radius 2 is 2.31 bits per heavy atom. The molecule has 2 N–H and O–H groups in total. The molecule has 1 aromatic carbocycles. The first-order valence-corrected chi connectivity index (χ1v) is 5.35. The highest BCUT2D eigenvalue weighted by atomic mass is 16.2. The molecular formula is C13H14N2O. The Kier molecular flexibility index (Phi) is 2.82. The Balaban J connectivity index is 2.39. The summed E-state index contributed by atoms with van der Waals surface area (Å²) in [4.78, 5) is 13.5. The van der Waals surface area contributed by atoms with Gasteiger partial charge in [-0.1, -0.05) is 5.92 Å². The van der Waals surface area contributed by atoms with Crippen molar-refractivity contribution in [3.63, 3.8) is 0 Å². The van der Waals surface area contributed by atoms with Gasteiger partial charge in [-0.15, -0.1) is 0 Å². The number of nitrogens with two attached hydrogens (primary N) is 1. The van der Waals surface area contributed by atoms with E-state index in [1.807, 2.05) is 18.2 Å².